The summed E-state index contributed by atoms with van der Waals surface area (Å²) in [5.41, 5.74) is 1.40. The molecule has 0 spiro atoms. The summed E-state index contributed by atoms with van der Waals surface area (Å²) in [5, 5.41) is 13.0. The van der Waals surface area contributed by atoms with Crippen molar-refractivity contribution in [3.8, 4) is 0 Å². The summed E-state index contributed by atoms with van der Waals surface area (Å²) in [7, 11) is 0. The third kappa shape index (κ3) is 4.34. The van der Waals surface area contributed by atoms with Crippen LogP contribution in [0.2, 0.25) is 0 Å². The number of carbonyl (C=O) groups is 1. The van der Waals surface area contributed by atoms with Crippen molar-refractivity contribution in [2.75, 3.05) is 6.54 Å². The molecule has 0 saturated carbocycles. The van der Waals surface area contributed by atoms with Crippen LogP contribution in [0.3, 0.4) is 0 Å². The Labute approximate surface area is 122 Å². The third-order valence-corrected chi connectivity index (χ3v) is 4.15. The molecule has 0 fully saturated rings. The Balaban J connectivity index is 2.62. The zero-order valence-corrected chi connectivity index (χ0v) is 13.2. The predicted octanol–water partition coefficient (Wildman–Crippen LogP) is 2.88. The van der Waals surface area contributed by atoms with Gasteiger partial charge in [0.2, 0.25) is 5.91 Å². The highest BCUT2D eigenvalue weighted by Crippen LogP contribution is 2.18. The molecule has 2 atom stereocenters. The van der Waals surface area contributed by atoms with Crippen LogP contribution in [0.1, 0.15) is 51.7 Å². The van der Waals surface area contributed by atoms with Gasteiger partial charge in [0.05, 0.1) is 11.5 Å². The Hall–Kier alpha value is -1.35. The summed E-state index contributed by atoms with van der Waals surface area (Å²) < 4.78 is 0. The molecule has 1 rings (SSSR count). The highest BCUT2D eigenvalue weighted by Gasteiger charge is 2.26. The van der Waals surface area contributed by atoms with Crippen molar-refractivity contribution in [3.05, 3.63) is 35.4 Å². The Morgan fingerprint density at radius 3 is 2.25 bits per heavy atom. The molecule has 1 aromatic carbocycles. The Bertz CT molecular complexity index is 435. The van der Waals surface area contributed by atoms with E-state index in [0.717, 1.165) is 12.0 Å². The third-order valence-electron chi connectivity index (χ3n) is 4.15. The van der Waals surface area contributed by atoms with Crippen LogP contribution in [0, 0.1) is 5.92 Å². The fourth-order valence-corrected chi connectivity index (χ4v) is 1.82. The van der Waals surface area contributed by atoms with Crippen LogP contribution in [0.4, 0.5) is 0 Å². The monoisotopic (exact) mass is 277 g/mol. The lowest BCUT2D eigenvalue weighted by Crippen LogP contribution is -2.45. The molecule has 1 amide bonds. The van der Waals surface area contributed by atoms with Gasteiger partial charge >= 0.3 is 0 Å². The second-order valence-electron chi connectivity index (χ2n) is 6.05. The fraction of sp³-hybridized carbons (Fsp3) is 0.588. The summed E-state index contributed by atoms with van der Waals surface area (Å²) >= 11 is 0. The first-order valence-corrected chi connectivity index (χ1v) is 7.36. The fourth-order valence-electron chi connectivity index (χ4n) is 1.82. The summed E-state index contributed by atoms with van der Waals surface area (Å²) in [4.78, 5) is 12.1. The molecule has 0 aliphatic rings. The molecule has 3 heteroatoms. The molecule has 3 nitrogen and oxygen atoms in total. The lowest BCUT2D eigenvalue weighted by atomic mass is 9.92. The molecule has 112 valence electrons. The molecule has 0 aliphatic carbocycles. The molecular formula is C17H27NO2. The molecule has 0 heterocycles. The largest absolute Gasteiger partial charge is 0.388 e. The van der Waals surface area contributed by atoms with E-state index in [1.54, 1.807) is 6.92 Å². The van der Waals surface area contributed by atoms with Crippen LogP contribution in [0.25, 0.3) is 0 Å². The van der Waals surface area contributed by atoms with Crippen LogP contribution in [-0.4, -0.2) is 23.2 Å². The highest BCUT2D eigenvalue weighted by molar-refractivity contribution is 5.83. The number of hydrogen-bond acceptors (Lipinski definition) is 2. The van der Waals surface area contributed by atoms with Crippen molar-refractivity contribution < 1.29 is 9.90 Å². The maximum Gasteiger partial charge on any atom is 0.227 e. The van der Waals surface area contributed by atoms with Crippen LogP contribution < -0.4 is 5.32 Å². The van der Waals surface area contributed by atoms with Crippen molar-refractivity contribution >= 4 is 5.91 Å². The first-order valence-electron chi connectivity index (χ1n) is 7.36. The van der Waals surface area contributed by atoms with E-state index in [-0.39, 0.29) is 24.3 Å². The lowest BCUT2D eigenvalue weighted by Gasteiger charge is -2.28. The van der Waals surface area contributed by atoms with Gasteiger partial charge in [-0.05, 0) is 37.3 Å². The van der Waals surface area contributed by atoms with Crippen molar-refractivity contribution in [3.63, 3.8) is 0 Å². The van der Waals surface area contributed by atoms with E-state index in [4.69, 9.17) is 0 Å². The van der Waals surface area contributed by atoms with Crippen LogP contribution >= 0.6 is 0 Å². The van der Waals surface area contributed by atoms with Gasteiger partial charge in [0.25, 0.3) is 0 Å². The number of hydrogen-bond donors (Lipinski definition) is 2. The summed E-state index contributed by atoms with van der Waals surface area (Å²) in [6.07, 6.45) is 0.998. The molecule has 2 unspecified atom stereocenters. The Kier molecular flexibility index (Phi) is 5.75. The standard InChI is InChI=1S/C17H27NO2/c1-6-14-7-9-15(10-8-14)13(4)16(19)18-11-17(5,20)12(2)3/h7-10,12-13,20H,6,11H2,1-5H3,(H,18,19). The zero-order chi connectivity index (χ0) is 15.3. The van der Waals surface area contributed by atoms with Gasteiger partial charge in [-0.1, -0.05) is 45.0 Å². The van der Waals surface area contributed by atoms with Gasteiger partial charge in [0.15, 0.2) is 0 Å². The van der Waals surface area contributed by atoms with Gasteiger partial charge in [0.1, 0.15) is 0 Å². The van der Waals surface area contributed by atoms with Crippen LogP contribution in [-0.2, 0) is 11.2 Å². The second-order valence-corrected chi connectivity index (χ2v) is 6.05. The quantitative estimate of drug-likeness (QED) is 0.840. The lowest BCUT2D eigenvalue weighted by molar-refractivity contribution is -0.123. The maximum atomic E-state index is 12.1. The SMILES string of the molecule is CCc1ccc(C(C)C(=O)NCC(C)(O)C(C)C)cc1. The molecule has 2 N–H and O–H groups in total. The number of carbonyl (C=O) groups excluding carboxylic acids is 1. The average Bonchev–Trinajstić information content (AvgIpc) is 2.44. The molecule has 0 bridgehead atoms. The van der Waals surface area contributed by atoms with Crippen LogP contribution in [0.15, 0.2) is 24.3 Å². The van der Waals surface area contributed by atoms with E-state index in [2.05, 4.69) is 24.4 Å². The molecule has 0 aromatic heterocycles. The summed E-state index contributed by atoms with van der Waals surface area (Å²) in [6, 6.07) is 8.13. The number of amides is 1. The van der Waals surface area contributed by atoms with Crippen LogP contribution in [0.5, 0.6) is 0 Å². The van der Waals surface area contributed by atoms with Gasteiger partial charge < -0.3 is 10.4 Å². The normalized spacial score (nSPS) is 15.8. The summed E-state index contributed by atoms with van der Waals surface area (Å²) in [5.74, 6) is -0.152. The first-order chi connectivity index (χ1) is 9.27. The van der Waals surface area contributed by atoms with E-state index < -0.39 is 5.60 Å². The smallest absolute Gasteiger partial charge is 0.227 e. The molecule has 0 aliphatic heterocycles. The predicted molar refractivity (Wildman–Crippen MR) is 82.7 cm³/mol. The zero-order valence-electron chi connectivity index (χ0n) is 13.2. The van der Waals surface area contributed by atoms with Crippen molar-refractivity contribution in [2.24, 2.45) is 5.92 Å². The molecule has 1 aromatic rings. The number of benzene rings is 1. The minimum atomic E-state index is -0.874. The Morgan fingerprint density at radius 1 is 1.25 bits per heavy atom. The van der Waals surface area contributed by atoms with E-state index in [1.165, 1.54) is 5.56 Å². The number of aliphatic hydroxyl groups is 1. The van der Waals surface area contributed by atoms with E-state index >= 15 is 0 Å². The number of nitrogens with one attached hydrogen (secondary N) is 1. The maximum absolute atomic E-state index is 12.1. The van der Waals surface area contributed by atoms with Gasteiger partial charge in [-0.15, -0.1) is 0 Å². The molecule has 0 radical (unpaired) electrons. The number of aryl methyl sites for hydroxylation is 1. The highest BCUT2D eigenvalue weighted by atomic mass is 16.3. The van der Waals surface area contributed by atoms with Gasteiger partial charge in [0, 0.05) is 6.54 Å². The minimum absolute atomic E-state index is 0.0461. The van der Waals surface area contributed by atoms with E-state index in [9.17, 15) is 9.90 Å². The molecular weight excluding hydrogens is 250 g/mol. The topological polar surface area (TPSA) is 49.3 Å². The van der Waals surface area contributed by atoms with Gasteiger partial charge in [-0.25, -0.2) is 0 Å². The molecule has 0 saturated heterocycles. The first kappa shape index (κ1) is 16.7. The van der Waals surface area contributed by atoms with Crippen molar-refractivity contribution in [1.82, 2.24) is 5.32 Å². The van der Waals surface area contributed by atoms with Crippen molar-refractivity contribution in [2.45, 2.75) is 52.6 Å². The van der Waals surface area contributed by atoms with E-state index in [0.29, 0.717) is 0 Å². The summed E-state index contributed by atoms with van der Waals surface area (Å²) in [6.45, 7) is 9.91. The average molecular weight is 277 g/mol. The number of rotatable bonds is 6. The Morgan fingerprint density at radius 2 is 1.80 bits per heavy atom. The van der Waals surface area contributed by atoms with E-state index in [1.807, 2.05) is 32.9 Å². The molecule has 20 heavy (non-hydrogen) atoms. The van der Waals surface area contributed by atoms with Crippen molar-refractivity contribution in [1.29, 1.82) is 0 Å². The minimum Gasteiger partial charge on any atom is -0.388 e. The second kappa shape index (κ2) is 6.89. The van der Waals surface area contributed by atoms with Gasteiger partial charge in [-0.3, -0.25) is 4.79 Å². The van der Waals surface area contributed by atoms with Gasteiger partial charge in [-0.2, -0.15) is 0 Å².